The normalized spacial score (nSPS) is 11.5. The minimum atomic E-state index is -4.64. The summed E-state index contributed by atoms with van der Waals surface area (Å²) in [6, 6.07) is 2.53. The van der Waals surface area contributed by atoms with Crippen LogP contribution in [0.3, 0.4) is 0 Å². The summed E-state index contributed by atoms with van der Waals surface area (Å²) in [5, 5.41) is 9.55. The standard InChI is InChI=1S/C14H8ClF4NO2/c1-6(21)8-4-9(15)12(16)11(13(8)22)7-2-3-10(20-5-7)14(17,18)19/h2-5,22H,1H3. The van der Waals surface area contributed by atoms with Gasteiger partial charge in [0.25, 0.3) is 0 Å². The fourth-order valence-corrected chi connectivity index (χ4v) is 2.06. The Morgan fingerprint density at radius 3 is 2.41 bits per heavy atom. The lowest BCUT2D eigenvalue weighted by molar-refractivity contribution is -0.141. The summed E-state index contributed by atoms with van der Waals surface area (Å²) in [5.41, 5.74) is -2.00. The molecule has 0 aliphatic carbocycles. The highest BCUT2D eigenvalue weighted by atomic mass is 35.5. The first kappa shape index (κ1) is 16.2. The predicted octanol–water partition coefficient (Wildman–Crippen LogP) is 4.47. The minimum Gasteiger partial charge on any atom is -0.506 e. The van der Waals surface area contributed by atoms with E-state index in [1.165, 1.54) is 0 Å². The van der Waals surface area contributed by atoms with Gasteiger partial charge in [-0.05, 0) is 19.1 Å². The van der Waals surface area contributed by atoms with E-state index in [2.05, 4.69) is 4.98 Å². The molecule has 0 radical (unpaired) electrons. The summed E-state index contributed by atoms with van der Waals surface area (Å²) in [5.74, 6) is -2.32. The van der Waals surface area contributed by atoms with Crippen molar-refractivity contribution < 1.29 is 27.5 Å². The third kappa shape index (κ3) is 2.89. The molecule has 1 heterocycles. The maximum absolute atomic E-state index is 14.1. The Kier molecular flexibility index (Phi) is 4.10. The maximum atomic E-state index is 14.1. The lowest BCUT2D eigenvalue weighted by Crippen LogP contribution is -2.07. The zero-order chi connectivity index (χ0) is 16.7. The summed E-state index contributed by atoms with van der Waals surface area (Å²) in [6.07, 6.45) is -3.89. The van der Waals surface area contributed by atoms with Crippen molar-refractivity contribution in [1.82, 2.24) is 4.98 Å². The molecule has 0 bridgehead atoms. The van der Waals surface area contributed by atoms with Gasteiger partial charge >= 0.3 is 6.18 Å². The first-order chi connectivity index (χ1) is 10.1. The molecule has 0 atom stereocenters. The summed E-state index contributed by atoms with van der Waals surface area (Å²) >= 11 is 5.65. The van der Waals surface area contributed by atoms with Gasteiger partial charge in [0, 0.05) is 11.8 Å². The third-order valence-corrected chi connectivity index (χ3v) is 3.19. The molecule has 1 N–H and O–H groups in total. The van der Waals surface area contributed by atoms with Gasteiger partial charge in [-0.2, -0.15) is 13.2 Å². The Hall–Kier alpha value is -2.15. The second-order valence-corrected chi connectivity index (χ2v) is 4.84. The average molecular weight is 334 g/mol. The summed E-state index contributed by atoms with van der Waals surface area (Å²) in [4.78, 5) is 14.6. The smallest absolute Gasteiger partial charge is 0.433 e. The van der Waals surface area contributed by atoms with Gasteiger partial charge in [0.05, 0.1) is 16.1 Å². The number of carbonyl (C=O) groups is 1. The number of halogens is 5. The monoisotopic (exact) mass is 333 g/mol. The number of aromatic nitrogens is 1. The van der Waals surface area contributed by atoms with Crippen LogP contribution >= 0.6 is 11.6 Å². The molecule has 2 aromatic rings. The fraction of sp³-hybridized carbons (Fsp3) is 0.143. The molecular weight excluding hydrogens is 326 g/mol. The first-order valence-electron chi connectivity index (χ1n) is 5.88. The number of nitrogens with zero attached hydrogens (tertiary/aromatic N) is 1. The molecule has 116 valence electrons. The molecule has 0 saturated carbocycles. The number of benzene rings is 1. The number of carbonyl (C=O) groups excluding carboxylic acids is 1. The van der Waals surface area contributed by atoms with Gasteiger partial charge < -0.3 is 5.11 Å². The fourth-order valence-electron chi connectivity index (χ4n) is 1.86. The molecule has 1 aromatic heterocycles. The topological polar surface area (TPSA) is 50.2 Å². The van der Waals surface area contributed by atoms with Crippen LogP contribution in [0.2, 0.25) is 5.02 Å². The lowest BCUT2D eigenvalue weighted by Gasteiger charge is -2.12. The van der Waals surface area contributed by atoms with Crippen LogP contribution in [0.4, 0.5) is 17.6 Å². The molecule has 0 spiro atoms. The molecule has 0 fully saturated rings. The van der Waals surface area contributed by atoms with Crippen molar-refractivity contribution in [3.05, 3.63) is 46.5 Å². The number of rotatable bonds is 2. The van der Waals surface area contributed by atoms with Crippen LogP contribution in [0.15, 0.2) is 24.4 Å². The van der Waals surface area contributed by atoms with E-state index < -0.39 is 39.8 Å². The van der Waals surface area contributed by atoms with Crippen LogP contribution in [0, 0.1) is 5.82 Å². The number of alkyl halides is 3. The molecule has 2 rings (SSSR count). The molecule has 0 saturated heterocycles. The quantitative estimate of drug-likeness (QED) is 0.651. The van der Waals surface area contributed by atoms with E-state index in [4.69, 9.17) is 11.6 Å². The van der Waals surface area contributed by atoms with E-state index in [9.17, 15) is 27.5 Å². The Morgan fingerprint density at radius 1 is 1.32 bits per heavy atom. The Labute approximate surface area is 127 Å². The number of phenols is 1. The molecule has 3 nitrogen and oxygen atoms in total. The maximum Gasteiger partial charge on any atom is 0.433 e. The number of aromatic hydroxyl groups is 1. The zero-order valence-electron chi connectivity index (χ0n) is 11.0. The van der Waals surface area contributed by atoms with Crippen molar-refractivity contribution in [3.63, 3.8) is 0 Å². The highest BCUT2D eigenvalue weighted by Crippen LogP contribution is 2.39. The highest BCUT2D eigenvalue weighted by molar-refractivity contribution is 6.31. The number of Topliss-reactive ketones (excluding diaryl/α,β-unsaturated/α-hetero) is 1. The molecule has 0 aliphatic rings. The predicted molar refractivity (Wildman–Crippen MR) is 71.3 cm³/mol. The van der Waals surface area contributed by atoms with Crippen LogP contribution in [-0.2, 0) is 6.18 Å². The Morgan fingerprint density at radius 2 is 1.95 bits per heavy atom. The van der Waals surface area contributed by atoms with Crippen LogP contribution < -0.4 is 0 Å². The van der Waals surface area contributed by atoms with Gasteiger partial charge in [-0.3, -0.25) is 9.78 Å². The van der Waals surface area contributed by atoms with Crippen molar-refractivity contribution in [2.75, 3.05) is 0 Å². The van der Waals surface area contributed by atoms with Crippen molar-refractivity contribution in [1.29, 1.82) is 0 Å². The first-order valence-corrected chi connectivity index (χ1v) is 6.26. The van der Waals surface area contributed by atoms with E-state index in [-0.39, 0.29) is 11.1 Å². The summed E-state index contributed by atoms with van der Waals surface area (Å²) < 4.78 is 51.5. The summed E-state index contributed by atoms with van der Waals surface area (Å²) in [7, 11) is 0. The van der Waals surface area contributed by atoms with Crippen LogP contribution in [0.1, 0.15) is 23.0 Å². The molecule has 0 unspecified atom stereocenters. The zero-order valence-corrected chi connectivity index (χ0v) is 11.8. The van der Waals surface area contributed by atoms with Gasteiger partial charge in [-0.25, -0.2) is 4.39 Å². The van der Waals surface area contributed by atoms with E-state index >= 15 is 0 Å². The van der Waals surface area contributed by atoms with E-state index in [1.807, 2.05) is 0 Å². The van der Waals surface area contributed by atoms with Crippen LogP contribution in [-0.4, -0.2) is 15.9 Å². The van der Waals surface area contributed by atoms with Crippen LogP contribution in [0.25, 0.3) is 11.1 Å². The number of ketones is 1. The summed E-state index contributed by atoms with van der Waals surface area (Å²) in [6.45, 7) is 1.14. The van der Waals surface area contributed by atoms with E-state index in [0.29, 0.717) is 6.07 Å². The number of hydrogen-bond donors (Lipinski definition) is 1. The van der Waals surface area contributed by atoms with Crippen molar-refractivity contribution >= 4 is 17.4 Å². The van der Waals surface area contributed by atoms with E-state index in [1.54, 1.807) is 0 Å². The van der Waals surface area contributed by atoms with Crippen molar-refractivity contribution in [2.24, 2.45) is 0 Å². The molecule has 8 heteroatoms. The second kappa shape index (κ2) is 5.57. The molecule has 1 aromatic carbocycles. The van der Waals surface area contributed by atoms with Crippen molar-refractivity contribution in [2.45, 2.75) is 13.1 Å². The number of pyridine rings is 1. The average Bonchev–Trinajstić information content (AvgIpc) is 2.42. The van der Waals surface area contributed by atoms with Gasteiger partial charge in [0.2, 0.25) is 0 Å². The lowest BCUT2D eigenvalue weighted by atomic mass is 10.00. The van der Waals surface area contributed by atoms with Gasteiger partial charge in [-0.1, -0.05) is 17.7 Å². The van der Waals surface area contributed by atoms with Crippen LogP contribution in [0.5, 0.6) is 5.75 Å². The second-order valence-electron chi connectivity index (χ2n) is 4.43. The molecule has 0 aliphatic heterocycles. The number of phenolic OH excluding ortho intramolecular Hbond substituents is 1. The number of hydrogen-bond acceptors (Lipinski definition) is 3. The van der Waals surface area contributed by atoms with Gasteiger partial charge in [0.15, 0.2) is 11.6 Å². The minimum absolute atomic E-state index is 0.131. The Bertz CT molecular complexity index is 742. The molecular formula is C14H8ClF4NO2. The Balaban J connectivity index is 2.64. The molecule has 22 heavy (non-hydrogen) atoms. The van der Waals surface area contributed by atoms with Gasteiger partial charge in [0.1, 0.15) is 11.4 Å². The highest BCUT2D eigenvalue weighted by Gasteiger charge is 2.32. The third-order valence-electron chi connectivity index (χ3n) is 2.91. The molecule has 0 amide bonds. The van der Waals surface area contributed by atoms with E-state index in [0.717, 1.165) is 25.3 Å². The largest absolute Gasteiger partial charge is 0.506 e. The van der Waals surface area contributed by atoms with Gasteiger partial charge in [-0.15, -0.1) is 0 Å². The SMILES string of the molecule is CC(=O)c1cc(Cl)c(F)c(-c2ccc(C(F)(F)F)nc2)c1O. The van der Waals surface area contributed by atoms with Crippen molar-refractivity contribution in [3.8, 4) is 16.9 Å².